The lowest BCUT2D eigenvalue weighted by Gasteiger charge is -2.20. The lowest BCUT2D eigenvalue weighted by molar-refractivity contribution is 0.0306. The van der Waals surface area contributed by atoms with E-state index >= 15 is 0 Å². The summed E-state index contributed by atoms with van der Waals surface area (Å²) >= 11 is 3.36. The van der Waals surface area contributed by atoms with E-state index in [2.05, 4.69) is 20.7 Å². The smallest absolute Gasteiger partial charge is 0.373 e. The zero-order chi connectivity index (χ0) is 14.8. The normalized spacial score (nSPS) is 13.8. The first-order chi connectivity index (χ1) is 9.42. The Morgan fingerprint density at radius 1 is 1.30 bits per heavy atom. The highest BCUT2D eigenvalue weighted by Crippen LogP contribution is 2.27. The summed E-state index contributed by atoms with van der Waals surface area (Å²) in [5, 5.41) is 10.5. The molecule has 0 aliphatic rings. The number of ether oxygens (including phenoxy) is 1. The Morgan fingerprint density at radius 2 is 1.95 bits per heavy atom. The number of hydrogen-bond donors (Lipinski definition) is 1. The number of rotatable bonds is 4. The molecule has 0 saturated carbocycles. The summed E-state index contributed by atoms with van der Waals surface area (Å²) < 4.78 is 10.9. The summed E-state index contributed by atoms with van der Waals surface area (Å²) in [6, 6.07) is 10.7. The van der Waals surface area contributed by atoms with Gasteiger partial charge in [0.1, 0.15) is 11.4 Å². The average Bonchev–Trinajstić information content (AvgIpc) is 2.91. The maximum atomic E-state index is 11.3. The highest BCUT2D eigenvalue weighted by molar-refractivity contribution is 9.10. The number of halogens is 1. The second-order valence-electron chi connectivity index (χ2n) is 4.73. The number of carbonyl (C=O) groups excluding carboxylic acids is 1. The molecule has 0 fully saturated rings. The van der Waals surface area contributed by atoms with Crippen molar-refractivity contribution < 1.29 is 19.1 Å². The van der Waals surface area contributed by atoms with Gasteiger partial charge in [0.15, 0.2) is 0 Å². The molecular formula is C15H15BrO4. The van der Waals surface area contributed by atoms with Crippen molar-refractivity contribution in [2.75, 3.05) is 7.11 Å². The van der Waals surface area contributed by atoms with Crippen molar-refractivity contribution in [1.82, 2.24) is 0 Å². The van der Waals surface area contributed by atoms with Gasteiger partial charge < -0.3 is 14.3 Å². The van der Waals surface area contributed by atoms with E-state index in [0.717, 1.165) is 10.0 Å². The fraction of sp³-hybridized carbons (Fsp3) is 0.267. The van der Waals surface area contributed by atoms with E-state index in [1.54, 1.807) is 13.0 Å². The molecule has 20 heavy (non-hydrogen) atoms. The summed E-state index contributed by atoms with van der Waals surface area (Å²) in [5.74, 6) is -0.143. The fourth-order valence-electron chi connectivity index (χ4n) is 1.92. The van der Waals surface area contributed by atoms with Crippen LogP contribution in [0, 0.1) is 0 Å². The Bertz CT molecular complexity index is 599. The highest BCUT2D eigenvalue weighted by Gasteiger charge is 2.28. The van der Waals surface area contributed by atoms with Gasteiger partial charge in [-0.1, -0.05) is 28.1 Å². The van der Waals surface area contributed by atoms with Crippen LogP contribution in [0.3, 0.4) is 0 Å². The van der Waals surface area contributed by atoms with Crippen molar-refractivity contribution in [1.29, 1.82) is 0 Å². The third-order valence-corrected chi connectivity index (χ3v) is 3.51. The van der Waals surface area contributed by atoms with Gasteiger partial charge in [0.05, 0.1) is 7.11 Å². The lowest BCUT2D eigenvalue weighted by atomic mass is 9.94. The average molecular weight is 339 g/mol. The van der Waals surface area contributed by atoms with Gasteiger partial charge in [-0.3, -0.25) is 0 Å². The van der Waals surface area contributed by atoms with E-state index in [9.17, 15) is 9.90 Å². The van der Waals surface area contributed by atoms with Crippen LogP contribution in [0.1, 0.15) is 28.8 Å². The maximum Gasteiger partial charge on any atom is 0.373 e. The molecule has 2 rings (SSSR count). The van der Waals surface area contributed by atoms with Gasteiger partial charge in [-0.25, -0.2) is 4.79 Å². The van der Waals surface area contributed by atoms with Crippen LogP contribution in [0.15, 0.2) is 45.3 Å². The molecule has 0 spiro atoms. The van der Waals surface area contributed by atoms with Gasteiger partial charge in [-0.15, -0.1) is 0 Å². The Labute approximate surface area is 125 Å². The number of carbonyl (C=O) groups is 1. The summed E-state index contributed by atoms with van der Waals surface area (Å²) in [6.45, 7) is 1.65. The standard InChI is InChI=1S/C15H15BrO4/c1-15(18,9-10-3-5-11(16)6-4-10)13-8-7-12(20-13)14(17)19-2/h3-8,18H,9H2,1-2H3. The van der Waals surface area contributed by atoms with E-state index in [4.69, 9.17) is 4.42 Å². The van der Waals surface area contributed by atoms with Gasteiger partial charge in [0.25, 0.3) is 0 Å². The molecule has 1 heterocycles. The van der Waals surface area contributed by atoms with E-state index in [-0.39, 0.29) is 5.76 Å². The molecule has 106 valence electrons. The Kier molecular flexibility index (Phi) is 4.30. The monoisotopic (exact) mass is 338 g/mol. The molecule has 0 radical (unpaired) electrons. The number of benzene rings is 1. The minimum atomic E-state index is -1.19. The molecule has 0 aliphatic heterocycles. The van der Waals surface area contributed by atoms with Gasteiger partial charge in [0, 0.05) is 10.9 Å². The first-order valence-corrected chi connectivity index (χ1v) is 6.87. The van der Waals surface area contributed by atoms with Gasteiger partial charge in [-0.05, 0) is 36.8 Å². The minimum Gasteiger partial charge on any atom is -0.463 e. The summed E-state index contributed by atoms with van der Waals surface area (Å²) in [7, 11) is 1.28. The van der Waals surface area contributed by atoms with Crippen LogP contribution in [0.4, 0.5) is 0 Å². The second kappa shape index (κ2) is 5.81. The van der Waals surface area contributed by atoms with Crippen LogP contribution >= 0.6 is 15.9 Å². The Balaban J connectivity index is 2.19. The summed E-state index contributed by atoms with van der Waals surface area (Å²) in [5.41, 5.74) is -0.227. The number of esters is 1. The van der Waals surface area contributed by atoms with Crippen molar-refractivity contribution in [2.45, 2.75) is 18.9 Å². The third-order valence-electron chi connectivity index (χ3n) is 2.99. The molecule has 5 heteroatoms. The van der Waals surface area contributed by atoms with Crippen LogP contribution < -0.4 is 0 Å². The van der Waals surface area contributed by atoms with Gasteiger partial charge in [-0.2, -0.15) is 0 Å². The molecule has 0 aliphatic carbocycles. The summed E-state index contributed by atoms with van der Waals surface area (Å²) in [4.78, 5) is 11.3. The molecule has 1 aromatic carbocycles. The molecule has 1 N–H and O–H groups in total. The first-order valence-electron chi connectivity index (χ1n) is 6.08. The SMILES string of the molecule is COC(=O)c1ccc(C(C)(O)Cc2ccc(Br)cc2)o1. The van der Waals surface area contributed by atoms with E-state index in [1.165, 1.54) is 13.2 Å². The highest BCUT2D eigenvalue weighted by atomic mass is 79.9. The minimum absolute atomic E-state index is 0.0820. The van der Waals surface area contributed by atoms with Crippen LogP contribution in [0.25, 0.3) is 0 Å². The van der Waals surface area contributed by atoms with Gasteiger partial charge >= 0.3 is 5.97 Å². The molecule has 1 atom stereocenters. The number of aliphatic hydroxyl groups is 1. The Morgan fingerprint density at radius 3 is 2.55 bits per heavy atom. The van der Waals surface area contributed by atoms with Crippen molar-refractivity contribution in [3.05, 3.63) is 58.0 Å². The molecule has 1 unspecified atom stereocenters. The summed E-state index contributed by atoms with van der Waals surface area (Å²) in [6.07, 6.45) is 0.383. The molecule has 2 aromatic rings. The quantitative estimate of drug-likeness (QED) is 0.869. The predicted molar refractivity (Wildman–Crippen MR) is 77.5 cm³/mol. The van der Waals surface area contributed by atoms with Crippen molar-refractivity contribution in [3.8, 4) is 0 Å². The van der Waals surface area contributed by atoms with E-state index < -0.39 is 11.6 Å². The number of furan rings is 1. The first kappa shape index (κ1) is 14.8. The zero-order valence-electron chi connectivity index (χ0n) is 11.2. The van der Waals surface area contributed by atoms with E-state index in [1.807, 2.05) is 24.3 Å². The topological polar surface area (TPSA) is 59.7 Å². The zero-order valence-corrected chi connectivity index (χ0v) is 12.8. The maximum absolute atomic E-state index is 11.3. The van der Waals surface area contributed by atoms with Crippen LogP contribution in [0.2, 0.25) is 0 Å². The van der Waals surface area contributed by atoms with Crippen LogP contribution in [-0.4, -0.2) is 18.2 Å². The van der Waals surface area contributed by atoms with Crippen molar-refractivity contribution in [3.63, 3.8) is 0 Å². The number of hydrogen-bond acceptors (Lipinski definition) is 4. The molecule has 1 aromatic heterocycles. The largest absolute Gasteiger partial charge is 0.463 e. The van der Waals surface area contributed by atoms with Crippen molar-refractivity contribution in [2.24, 2.45) is 0 Å². The molecule has 0 bridgehead atoms. The Hall–Kier alpha value is -1.59. The lowest BCUT2D eigenvalue weighted by Crippen LogP contribution is -2.23. The molecule has 0 amide bonds. The fourth-order valence-corrected chi connectivity index (χ4v) is 2.19. The van der Waals surface area contributed by atoms with Gasteiger partial charge in [0.2, 0.25) is 5.76 Å². The van der Waals surface area contributed by atoms with Crippen LogP contribution in [0.5, 0.6) is 0 Å². The number of methoxy groups -OCH3 is 1. The third kappa shape index (κ3) is 3.29. The second-order valence-corrected chi connectivity index (χ2v) is 5.65. The van der Waals surface area contributed by atoms with E-state index in [0.29, 0.717) is 12.2 Å². The van der Waals surface area contributed by atoms with Crippen LogP contribution in [-0.2, 0) is 16.8 Å². The molecular weight excluding hydrogens is 324 g/mol. The predicted octanol–water partition coefficient (Wildman–Crippen LogP) is 3.28. The van der Waals surface area contributed by atoms with Crippen molar-refractivity contribution >= 4 is 21.9 Å². The molecule has 4 nitrogen and oxygen atoms in total. The molecule has 0 saturated heterocycles.